The van der Waals surface area contributed by atoms with Crippen LogP contribution in [-0.4, -0.2) is 50.2 Å². The number of nitrogens with two attached hydrogens (primary N) is 1. The number of morpholine rings is 1. The molecule has 1 aromatic heterocycles. The van der Waals surface area contributed by atoms with Gasteiger partial charge in [0.1, 0.15) is 0 Å². The van der Waals surface area contributed by atoms with Crippen molar-refractivity contribution in [1.82, 2.24) is 4.90 Å². The van der Waals surface area contributed by atoms with Crippen LogP contribution in [0.5, 0.6) is 5.75 Å². The number of hydrogen-bond acceptors (Lipinski definition) is 6. The highest BCUT2D eigenvalue weighted by Crippen LogP contribution is 2.37. The van der Waals surface area contributed by atoms with Gasteiger partial charge in [-0.05, 0) is 23.6 Å². The molecule has 0 radical (unpaired) electrons. The Bertz CT molecular complexity index is 813. The van der Waals surface area contributed by atoms with Gasteiger partial charge in [0.15, 0.2) is 11.5 Å². The van der Waals surface area contributed by atoms with E-state index in [-0.39, 0.29) is 5.91 Å². The predicted octanol–water partition coefficient (Wildman–Crippen LogP) is 2.43. The molecule has 0 atom stereocenters. The Kier molecular flexibility index (Phi) is 4.92. The Labute approximate surface area is 156 Å². The fourth-order valence-electron chi connectivity index (χ4n) is 3.12. The SMILES string of the molecule is Nc1ccc2c(c1)O/C(=C/c1cccs1)C(=O)N2CCN1CCOCC1. The number of thiophene rings is 1. The van der Waals surface area contributed by atoms with E-state index in [9.17, 15) is 4.79 Å². The largest absolute Gasteiger partial charge is 0.449 e. The fraction of sp³-hybridized carbons (Fsp3) is 0.316. The van der Waals surface area contributed by atoms with E-state index >= 15 is 0 Å². The molecule has 0 saturated carbocycles. The lowest BCUT2D eigenvalue weighted by atomic mass is 10.2. The number of nitrogen functional groups attached to an aromatic ring is 1. The summed E-state index contributed by atoms with van der Waals surface area (Å²) in [6.07, 6.45) is 1.79. The van der Waals surface area contributed by atoms with Crippen molar-refractivity contribution in [3.8, 4) is 5.75 Å². The maximum Gasteiger partial charge on any atom is 0.294 e. The second kappa shape index (κ2) is 7.49. The minimum atomic E-state index is -0.121. The summed E-state index contributed by atoms with van der Waals surface area (Å²) in [5.74, 6) is 0.825. The summed E-state index contributed by atoms with van der Waals surface area (Å²) in [7, 11) is 0. The van der Waals surface area contributed by atoms with Crippen molar-refractivity contribution in [3.05, 3.63) is 46.3 Å². The van der Waals surface area contributed by atoms with E-state index in [1.54, 1.807) is 34.4 Å². The third-order valence-corrected chi connectivity index (χ3v) is 5.33. The molecule has 7 heteroatoms. The number of carbonyl (C=O) groups is 1. The first kappa shape index (κ1) is 17.1. The van der Waals surface area contributed by atoms with Crippen LogP contribution >= 0.6 is 11.3 Å². The van der Waals surface area contributed by atoms with Crippen molar-refractivity contribution in [2.75, 3.05) is 50.0 Å². The first-order chi connectivity index (χ1) is 12.7. The van der Waals surface area contributed by atoms with Gasteiger partial charge in [0.25, 0.3) is 5.91 Å². The maximum atomic E-state index is 13.0. The summed E-state index contributed by atoms with van der Waals surface area (Å²) in [4.78, 5) is 18.1. The zero-order valence-electron chi connectivity index (χ0n) is 14.4. The van der Waals surface area contributed by atoms with Gasteiger partial charge in [0.05, 0.1) is 18.9 Å². The lowest BCUT2D eigenvalue weighted by Gasteiger charge is -2.33. The highest BCUT2D eigenvalue weighted by Gasteiger charge is 2.30. The number of ether oxygens (including phenoxy) is 2. The molecule has 0 aliphatic carbocycles. The molecule has 1 amide bonds. The molecule has 3 heterocycles. The standard InChI is InChI=1S/C19H21N3O3S/c20-14-3-4-16-17(12-14)25-18(13-15-2-1-11-26-15)19(23)22(16)6-5-21-7-9-24-10-8-21/h1-4,11-13H,5-10,20H2/b18-13+. The number of anilines is 2. The van der Waals surface area contributed by atoms with E-state index in [0.29, 0.717) is 23.7 Å². The van der Waals surface area contributed by atoms with Crippen LogP contribution in [0.1, 0.15) is 4.88 Å². The average Bonchev–Trinajstić information content (AvgIpc) is 3.16. The molecular weight excluding hydrogens is 350 g/mol. The molecule has 1 aromatic carbocycles. The van der Waals surface area contributed by atoms with E-state index in [2.05, 4.69) is 4.90 Å². The Morgan fingerprint density at radius 2 is 2.04 bits per heavy atom. The molecule has 136 valence electrons. The predicted molar refractivity (Wildman–Crippen MR) is 103 cm³/mol. The van der Waals surface area contributed by atoms with Crippen molar-refractivity contribution in [1.29, 1.82) is 0 Å². The van der Waals surface area contributed by atoms with Crippen LogP contribution in [0, 0.1) is 0 Å². The molecule has 0 spiro atoms. The van der Waals surface area contributed by atoms with Gasteiger partial charge in [-0.1, -0.05) is 6.07 Å². The van der Waals surface area contributed by atoms with Gasteiger partial charge in [-0.15, -0.1) is 11.3 Å². The second-order valence-electron chi connectivity index (χ2n) is 6.26. The number of nitrogens with zero attached hydrogens (tertiary/aromatic N) is 2. The molecule has 1 saturated heterocycles. The van der Waals surface area contributed by atoms with Crippen LogP contribution in [0.3, 0.4) is 0 Å². The first-order valence-corrected chi connectivity index (χ1v) is 9.53. The number of carbonyl (C=O) groups excluding carboxylic acids is 1. The Morgan fingerprint density at radius 3 is 2.81 bits per heavy atom. The molecule has 2 aliphatic rings. The van der Waals surface area contributed by atoms with Crippen LogP contribution in [0.25, 0.3) is 6.08 Å². The Balaban J connectivity index is 1.60. The summed E-state index contributed by atoms with van der Waals surface area (Å²) in [5, 5.41) is 1.97. The molecular formula is C19H21N3O3S. The molecule has 26 heavy (non-hydrogen) atoms. The maximum absolute atomic E-state index is 13.0. The molecule has 2 N–H and O–H groups in total. The summed E-state index contributed by atoms with van der Waals surface area (Å²) < 4.78 is 11.3. The summed E-state index contributed by atoms with van der Waals surface area (Å²) in [6.45, 7) is 4.67. The zero-order valence-corrected chi connectivity index (χ0v) is 15.2. The van der Waals surface area contributed by atoms with E-state index in [1.807, 2.05) is 23.6 Å². The third kappa shape index (κ3) is 3.60. The van der Waals surface area contributed by atoms with Gasteiger partial charge in [-0.25, -0.2) is 0 Å². The van der Waals surface area contributed by atoms with Crippen LogP contribution in [0.2, 0.25) is 0 Å². The molecule has 0 bridgehead atoms. The van der Waals surface area contributed by atoms with Crippen molar-refractivity contribution in [3.63, 3.8) is 0 Å². The van der Waals surface area contributed by atoms with Crippen molar-refractivity contribution in [2.45, 2.75) is 0 Å². The first-order valence-electron chi connectivity index (χ1n) is 8.65. The highest BCUT2D eigenvalue weighted by molar-refractivity contribution is 7.10. The number of hydrogen-bond donors (Lipinski definition) is 1. The lowest BCUT2D eigenvalue weighted by Crippen LogP contribution is -2.45. The third-order valence-electron chi connectivity index (χ3n) is 4.51. The van der Waals surface area contributed by atoms with Crippen molar-refractivity contribution < 1.29 is 14.3 Å². The minimum Gasteiger partial charge on any atom is -0.449 e. The monoisotopic (exact) mass is 371 g/mol. The molecule has 1 fully saturated rings. The van der Waals surface area contributed by atoms with Gasteiger partial charge >= 0.3 is 0 Å². The number of amides is 1. The number of benzene rings is 1. The summed E-state index contributed by atoms with van der Waals surface area (Å²) in [6, 6.07) is 9.33. The Morgan fingerprint density at radius 1 is 1.19 bits per heavy atom. The van der Waals surface area contributed by atoms with Gasteiger partial charge in [0.2, 0.25) is 0 Å². The van der Waals surface area contributed by atoms with Gasteiger partial charge < -0.3 is 20.1 Å². The second-order valence-corrected chi connectivity index (χ2v) is 7.24. The minimum absolute atomic E-state index is 0.121. The zero-order chi connectivity index (χ0) is 17.9. The molecule has 2 aromatic rings. The summed E-state index contributed by atoms with van der Waals surface area (Å²) in [5.41, 5.74) is 7.29. The van der Waals surface area contributed by atoms with Crippen molar-refractivity contribution >= 4 is 34.7 Å². The van der Waals surface area contributed by atoms with Gasteiger partial charge in [-0.2, -0.15) is 0 Å². The molecule has 6 nitrogen and oxygen atoms in total. The van der Waals surface area contributed by atoms with E-state index < -0.39 is 0 Å². The van der Waals surface area contributed by atoms with E-state index in [0.717, 1.165) is 43.4 Å². The summed E-state index contributed by atoms with van der Waals surface area (Å²) >= 11 is 1.57. The quantitative estimate of drug-likeness (QED) is 0.660. The smallest absolute Gasteiger partial charge is 0.294 e. The van der Waals surface area contributed by atoms with Crippen molar-refractivity contribution in [2.24, 2.45) is 0 Å². The Hall–Kier alpha value is -2.35. The average molecular weight is 371 g/mol. The van der Waals surface area contributed by atoms with E-state index in [4.69, 9.17) is 15.2 Å². The van der Waals surface area contributed by atoms with E-state index in [1.165, 1.54) is 0 Å². The molecule has 2 aliphatic heterocycles. The van der Waals surface area contributed by atoms with Gasteiger partial charge in [0, 0.05) is 48.9 Å². The number of rotatable bonds is 4. The molecule has 0 unspecified atom stereocenters. The fourth-order valence-corrected chi connectivity index (χ4v) is 3.77. The topological polar surface area (TPSA) is 68.0 Å². The lowest BCUT2D eigenvalue weighted by molar-refractivity contribution is -0.117. The normalized spacial score (nSPS) is 19.5. The van der Waals surface area contributed by atoms with Crippen LogP contribution in [-0.2, 0) is 9.53 Å². The van der Waals surface area contributed by atoms with Crippen LogP contribution < -0.4 is 15.4 Å². The number of fused-ring (bicyclic) bond motifs is 1. The molecule has 4 rings (SSSR count). The van der Waals surface area contributed by atoms with Crippen LogP contribution in [0.4, 0.5) is 11.4 Å². The van der Waals surface area contributed by atoms with Crippen LogP contribution in [0.15, 0.2) is 41.5 Å². The highest BCUT2D eigenvalue weighted by atomic mass is 32.1. The van der Waals surface area contributed by atoms with Gasteiger partial charge in [-0.3, -0.25) is 9.69 Å².